The molecule has 1 aliphatic rings. The molecule has 1 unspecified atom stereocenters. The van der Waals surface area contributed by atoms with E-state index in [0.29, 0.717) is 42.7 Å². The Morgan fingerprint density at radius 3 is 2.61 bits per heavy atom. The van der Waals surface area contributed by atoms with E-state index in [1.165, 1.54) is 10.6 Å². The molecule has 4 aromatic rings. The van der Waals surface area contributed by atoms with Gasteiger partial charge in [0.05, 0.1) is 34.0 Å². The van der Waals surface area contributed by atoms with Gasteiger partial charge < -0.3 is 14.3 Å². The maximum atomic E-state index is 13.7. The van der Waals surface area contributed by atoms with Gasteiger partial charge in [-0.1, -0.05) is 53.3 Å². The summed E-state index contributed by atoms with van der Waals surface area (Å²) in [7, 11) is 0. The molecule has 2 aromatic heterocycles. The number of halogens is 1. The van der Waals surface area contributed by atoms with Crippen LogP contribution in [0.3, 0.4) is 0 Å². The van der Waals surface area contributed by atoms with Crippen LogP contribution in [0.1, 0.15) is 41.6 Å². The van der Waals surface area contributed by atoms with Crippen molar-refractivity contribution < 1.29 is 23.8 Å². The molecule has 0 bridgehead atoms. The van der Waals surface area contributed by atoms with Gasteiger partial charge in [0.25, 0.3) is 5.56 Å². The van der Waals surface area contributed by atoms with E-state index < -0.39 is 18.0 Å². The van der Waals surface area contributed by atoms with Gasteiger partial charge in [-0.2, -0.15) is 0 Å². The van der Waals surface area contributed by atoms with Crippen LogP contribution in [-0.2, 0) is 9.53 Å². The van der Waals surface area contributed by atoms with Crippen LogP contribution in [0.2, 0.25) is 5.02 Å². The molecule has 0 amide bonds. The predicted octanol–water partition coefficient (Wildman–Crippen LogP) is 4.41. The lowest BCUT2D eigenvalue weighted by molar-refractivity contribution is -0.139. The number of esters is 1. The normalized spacial score (nSPS) is 15.2. The fourth-order valence-corrected chi connectivity index (χ4v) is 5.49. The SMILES string of the molecule is CCOC(=O)C1=C(C)N=c2s/c(=C/c3ccc(-c4ccccc4C(=O)O)o3)c(=O)n2C1c1ccc(Cl)cc1. The zero-order valence-electron chi connectivity index (χ0n) is 20.3. The average Bonchev–Trinajstić information content (AvgIpc) is 3.48. The van der Waals surface area contributed by atoms with Crippen LogP contribution >= 0.6 is 22.9 Å². The Bertz CT molecular complexity index is 1780. The Balaban J connectivity index is 1.64. The summed E-state index contributed by atoms with van der Waals surface area (Å²) < 4.78 is 13.0. The van der Waals surface area contributed by atoms with Crippen LogP contribution in [-0.4, -0.2) is 28.2 Å². The summed E-state index contributed by atoms with van der Waals surface area (Å²) in [5.41, 5.74) is 1.61. The Labute approximate surface area is 225 Å². The van der Waals surface area contributed by atoms with Gasteiger partial charge in [-0.25, -0.2) is 14.6 Å². The second-order valence-corrected chi connectivity index (χ2v) is 9.85. The maximum absolute atomic E-state index is 13.7. The highest BCUT2D eigenvalue weighted by Gasteiger charge is 2.33. The minimum atomic E-state index is -1.07. The van der Waals surface area contributed by atoms with E-state index in [1.807, 2.05) is 0 Å². The van der Waals surface area contributed by atoms with Crippen molar-refractivity contribution in [3.8, 4) is 11.3 Å². The number of allylic oxidation sites excluding steroid dienone is 1. The predicted molar refractivity (Wildman–Crippen MR) is 143 cm³/mol. The molecule has 1 N–H and O–H groups in total. The van der Waals surface area contributed by atoms with Crippen LogP contribution in [0, 0.1) is 0 Å². The van der Waals surface area contributed by atoms with Crippen molar-refractivity contribution in [2.24, 2.45) is 4.99 Å². The third-order valence-electron chi connectivity index (χ3n) is 6.03. The number of carbonyl (C=O) groups is 2. The lowest BCUT2D eigenvalue weighted by Crippen LogP contribution is -2.39. The van der Waals surface area contributed by atoms with Crippen LogP contribution in [0.15, 0.2) is 86.1 Å². The highest BCUT2D eigenvalue weighted by molar-refractivity contribution is 7.07. The number of fused-ring (bicyclic) bond motifs is 1. The number of aromatic carboxylic acids is 1. The lowest BCUT2D eigenvalue weighted by Gasteiger charge is -2.24. The number of thiazole rings is 1. The summed E-state index contributed by atoms with van der Waals surface area (Å²) in [6, 6.07) is 16.0. The summed E-state index contributed by atoms with van der Waals surface area (Å²) in [4.78, 5) is 43.2. The molecule has 0 fully saturated rings. The second-order valence-electron chi connectivity index (χ2n) is 8.41. The summed E-state index contributed by atoms with van der Waals surface area (Å²) >= 11 is 7.25. The largest absolute Gasteiger partial charge is 0.478 e. The van der Waals surface area contributed by atoms with Gasteiger partial charge in [-0.15, -0.1) is 0 Å². The molecule has 10 heteroatoms. The maximum Gasteiger partial charge on any atom is 0.338 e. The minimum absolute atomic E-state index is 0.109. The van der Waals surface area contributed by atoms with E-state index in [9.17, 15) is 19.5 Å². The molecule has 3 heterocycles. The van der Waals surface area contributed by atoms with Gasteiger partial charge in [-0.3, -0.25) is 9.36 Å². The average molecular weight is 549 g/mol. The van der Waals surface area contributed by atoms with Crippen LogP contribution < -0.4 is 14.9 Å². The van der Waals surface area contributed by atoms with Gasteiger partial charge in [0.2, 0.25) is 0 Å². The molecule has 0 aliphatic carbocycles. The topological polar surface area (TPSA) is 111 Å². The van der Waals surface area contributed by atoms with Crippen molar-refractivity contribution in [1.82, 2.24) is 4.57 Å². The van der Waals surface area contributed by atoms with E-state index >= 15 is 0 Å². The quantitative estimate of drug-likeness (QED) is 0.357. The molecule has 0 radical (unpaired) electrons. The Morgan fingerprint density at radius 1 is 1.16 bits per heavy atom. The molecule has 38 heavy (non-hydrogen) atoms. The first-order valence-corrected chi connectivity index (χ1v) is 12.9. The Morgan fingerprint density at radius 2 is 1.89 bits per heavy atom. The molecule has 1 aliphatic heterocycles. The first-order valence-electron chi connectivity index (χ1n) is 11.7. The first-order chi connectivity index (χ1) is 18.3. The summed E-state index contributed by atoms with van der Waals surface area (Å²) in [6.07, 6.45) is 1.58. The fraction of sp³-hybridized carbons (Fsp3) is 0.143. The van der Waals surface area contributed by atoms with Crippen molar-refractivity contribution in [1.29, 1.82) is 0 Å². The van der Waals surface area contributed by atoms with Gasteiger partial charge in [0.1, 0.15) is 11.5 Å². The van der Waals surface area contributed by atoms with Crippen molar-refractivity contribution in [3.63, 3.8) is 0 Å². The molecular weight excluding hydrogens is 528 g/mol. The summed E-state index contributed by atoms with van der Waals surface area (Å²) in [5.74, 6) is -0.881. The molecule has 192 valence electrons. The molecular formula is C28H21ClN2O6S. The number of hydrogen-bond donors (Lipinski definition) is 1. The molecule has 8 nitrogen and oxygen atoms in total. The van der Waals surface area contributed by atoms with Crippen molar-refractivity contribution in [2.75, 3.05) is 6.61 Å². The molecule has 1 atom stereocenters. The van der Waals surface area contributed by atoms with Crippen LogP contribution in [0.4, 0.5) is 0 Å². The van der Waals surface area contributed by atoms with E-state index in [4.69, 9.17) is 20.8 Å². The third kappa shape index (κ3) is 4.62. The molecule has 0 saturated carbocycles. The Kier molecular flexibility index (Phi) is 6.88. The second kappa shape index (κ2) is 10.3. The number of benzene rings is 2. The van der Waals surface area contributed by atoms with E-state index in [2.05, 4.69) is 4.99 Å². The number of carboxylic acids is 1. The zero-order chi connectivity index (χ0) is 27.0. The summed E-state index contributed by atoms with van der Waals surface area (Å²) in [6.45, 7) is 3.61. The van der Waals surface area contributed by atoms with Crippen molar-refractivity contribution >= 4 is 41.0 Å². The van der Waals surface area contributed by atoms with Crippen LogP contribution in [0.25, 0.3) is 17.4 Å². The number of ether oxygens (including phenoxy) is 1. The molecule has 0 spiro atoms. The van der Waals surface area contributed by atoms with Crippen molar-refractivity contribution in [3.05, 3.63) is 114 Å². The number of carboxylic acid groups (broad SMARTS) is 1. The molecule has 5 rings (SSSR count). The number of furan rings is 1. The zero-order valence-corrected chi connectivity index (χ0v) is 21.9. The van der Waals surface area contributed by atoms with E-state index in [1.54, 1.807) is 74.5 Å². The molecule has 2 aromatic carbocycles. The highest BCUT2D eigenvalue weighted by Crippen LogP contribution is 2.31. The van der Waals surface area contributed by atoms with Gasteiger partial charge >= 0.3 is 11.9 Å². The monoisotopic (exact) mass is 548 g/mol. The summed E-state index contributed by atoms with van der Waals surface area (Å²) in [5, 5.41) is 10.0. The van der Waals surface area contributed by atoms with Crippen LogP contribution in [0.5, 0.6) is 0 Å². The first kappa shape index (κ1) is 25.4. The highest BCUT2D eigenvalue weighted by atomic mass is 35.5. The number of carbonyl (C=O) groups excluding carboxylic acids is 1. The fourth-order valence-electron chi connectivity index (χ4n) is 4.34. The van der Waals surface area contributed by atoms with Crippen molar-refractivity contribution in [2.45, 2.75) is 19.9 Å². The molecule has 0 saturated heterocycles. The number of hydrogen-bond acceptors (Lipinski definition) is 7. The number of nitrogens with zero attached hydrogens (tertiary/aromatic N) is 2. The smallest absolute Gasteiger partial charge is 0.338 e. The Hall–Kier alpha value is -4.21. The number of rotatable bonds is 6. The number of aromatic nitrogens is 1. The van der Waals surface area contributed by atoms with Gasteiger partial charge in [-0.05, 0) is 49.7 Å². The van der Waals surface area contributed by atoms with Gasteiger partial charge in [0, 0.05) is 16.7 Å². The third-order valence-corrected chi connectivity index (χ3v) is 7.26. The van der Waals surface area contributed by atoms with E-state index in [0.717, 1.165) is 11.3 Å². The minimum Gasteiger partial charge on any atom is -0.478 e. The standard InChI is InChI=1S/C28H21ClN2O6S/c1-3-36-27(35)23-15(2)30-28-31(24(23)16-8-10-17(29)11-9-16)25(32)22(38-28)14-18-12-13-21(37-18)19-6-4-5-7-20(19)26(33)34/h4-14,24H,3H2,1-2H3,(H,33,34)/b22-14+. The lowest BCUT2D eigenvalue weighted by atomic mass is 9.96. The van der Waals surface area contributed by atoms with Gasteiger partial charge in [0.15, 0.2) is 4.80 Å². The van der Waals surface area contributed by atoms with E-state index in [-0.39, 0.29) is 23.3 Å².